The van der Waals surface area contributed by atoms with Crippen molar-refractivity contribution >= 4 is 16.4 Å². The molecule has 0 saturated carbocycles. The van der Waals surface area contributed by atoms with E-state index in [1.54, 1.807) is 6.08 Å². The van der Waals surface area contributed by atoms with Crippen LogP contribution in [0.2, 0.25) is 37.8 Å². The summed E-state index contributed by atoms with van der Waals surface area (Å²) in [7, 11) is -2.99. The molecule has 0 aliphatic carbocycles. The molecular weight excluding hydrogens is 292 g/mol. The third kappa shape index (κ3) is 8.76. The van der Waals surface area contributed by atoms with Gasteiger partial charge in [-0.25, -0.2) is 0 Å². The summed E-state index contributed by atoms with van der Waals surface area (Å²) in [6, 6.07) is 0. The Labute approximate surface area is 134 Å². The lowest BCUT2D eigenvalue weighted by atomic mass is 10.1. The van der Waals surface area contributed by atoms with Gasteiger partial charge in [-0.2, -0.15) is 0 Å². The molecule has 0 amide bonds. The number of aliphatic hydroxyl groups is 1. The maximum absolute atomic E-state index is 9.89. The van der Waals surface area contributed by atoms with E-state index in [2.05, 4.69) is 71.9 Å². The molecule has 1 N–H and O–H groups in total. The molecule has 0 heterocycles. The molecule has 0 unspecified atom stereocenters. The molecule has 0 aromatic heterocycles. The Bertz CT molecular complexity index is 349. The molecule has 0 aromatic carbocycles. The predicted molar refractivity (Wildman–Crippen MR) is 100.0 cm³/mol. The zero-order chi connectivity index (χ0) is 16.9. The summed E-state index contributed by atoms with van der Waals surface area (Å²) in [6.45, 7) is 21.9. The molecule has 0 bridgehead atoms. The molecule has 124 valence electrons. The van der Waals surface area contributed by atoms with E-state index in [0.717, 1.165) is 6.42 Å². The molecule has 2 atom stereocenters. The van der Waals surface area contributed by atoms with Crippen molar-refractivity contribution in [2.45, 2.75) is 83.6 Å². The van der Waals surface area contributed by atoms with Gasteiger partial charge in [0, 0.05) is 6.42 Å². The molecule has 0 saturated heterocycles. The van der Waals surface area contributed by atoms with Crippen LogP contribution in [0.15, 0.2) is 24.4 Å². The quantitative estimate of drug-likeness (QED) is 0.494. The van der Waals surface area contributed by atoms with Crippen molar-refractivity contribution in [3.8, 4) is 0 Å². The summed E-state index contributed by atoms with van der Waals surface area (Å²) >= 11 is 0. The molecule has 0 aliphatic heterocycles. The Hall–Kier alpha value is -0.166. The highest BCUT2D eigenvalue weighted by Crippen LogP contribution is 2.38. The molecule has 4 heteroatoms. The smallest absolute Gasteiger partial charge is 0.192 e. The number of hydrogen-bond acceptors (Lipinski definition) is 2. The Kier molecular flexibility index (Phi) is 7.84. The lowest BCUT2D eigenvalue weighted by Gasteiger charge is -2.39. The second-order valence-electron chi connectivity index (χ2n) is 8.54. The fourth-order valence-corrected chi connectivity index (χ4v) is 3.95. The first-order valence-corrected chi connectivity index (χ1v) is 14.4. The van der Waals surface area contributed by atoms with Crippen molar-refractivity contribution in [2.24, 2.45) is 0 Å². The lowest BCUT2D eigenvalue weighted by molar-refractivity contribution is 0.112. The van der Waals surface area contributed by atoms with E-state index in [-0.39, 0.29) is 11.1 Å². The van der Waals surface area contributed by atoms with Crippen LogP contribution in [0.5, 0.6) is 0 Å². The average Bonchev–Trinajstić information content (AvgIpc) is 2.24. The van der Waals surface area contributed by atoms with Crippen LogP contribution in [-0.4, -0.2) is 33.7 Å². The highest BCUT2D eigenvalue weighted by atomic mass is 28.4. The third-order valence-corrected chi connectivity index (χ3v) is 9.83. The van der Waals surface area contributed by atoms with E-state index < -0.39 is 22.5 Å². The van der Waals surface area contributed by atoms with E-state index in [9.17, 15) is 5.11 Å². The van der Waals surface area contributed by atoms with Crippen molar-refractivity contribution < 1.29 is 9.53 Å². The Morgan fingerprint density at radius 1 is 1.14 bits per heavy atom. The molecular formula is C17H36O2Si2. The van der Waals surface area contributed by atoms with Gasteiger partial charge in [0.25, 0.3) is 0 Å². The Morgan fingerprint density at radius 3 is 2.05 bits per heavy atom. The van der Waals surface area contributed by atoms with Crippen LogP contribution in [0.25, 0.3) is 0 Å². The number of aliphatic hydroxyl groups excluding tert-OH is 1. The summed E-state index contributed by atoms with van der Waals surface area (Å²) in [6.07, 6.45) is 4.95. The van der Waals surface area contributed by atoms with Gasteiger partial charge in [0.1, 0.15) is 0 Å². The Balaban J connectivity index is 4.91. The molecule has 2 nitrogen and oxygen atoms in total. The van der Waals surface area contributed by atoms with Crippen LogP contribution in [0.3, 0.4) is 0 Å². The molecule has 0 radical (unpaired) electrons. The van der Waals surface area contributed by atoms with E-state index in [0.29, 0.717) is 6.42 Å². The van der Waals surface area contributed by atoms with Crippen molar-refractivity contribution in [1.82, 2.24) is 0 Å². The predicted octanol–water partition coefficient (Wildman–Crippen LogP) is 5.14. The van der Waals surface area contributed by atoms with Gasteiger partial charge in [0.15, 0.2) is 8.32 Å². The van der Waals surface area contributed by atoms with Gasteiger partial charge in [-0.3, -0.25) is 0 Å². The van der Waals surface area contributed by atoms with Crippen molar-refractivity contribution in [3.63, 3.8) is 0 Å². The molecule has 21 heavy (non-hydrogen) atoms. The first kappa shape index (κ1) is 20.8. The standard InChI is InChI=1S/C17H36O2Si2/c1-10-15(18)14-16(12-11-13-20(5,6)7)19-21(8,9)17(2,3)4/h10-11,13,15-16,18H,1,12,14H2,2-9H3/b13-11+/t15-,16-/m1/s1. The molecule has 0 spiro atoms. The normalized spacial score (nSPS) is 17.0. The minimum absolute atomic E-state index is 0.0755. The fourth-order valence-electron chi connectivity index (χ4n) is 1.72. The summed E-state index contributed by atoms with van der Waals surface area (Å²) in [5.74, 6) is 0. The van der Waals surface area contributed by atoms with Crippen LogP contribution in [0.4, 0.5) is 0 Å². The van der Waals surface area contributed by atoms with Gasteiger partial charge in [-0.1, -0.05) is 58.3 Å². The highest BCUT2D eigenvalue weighted by Gasteiger charge is 2.39. The first-order valence-electron chi connectivity index (χ1n) is 7.94. The van der Waals surface area contributed by atoms with Gasteiger partial charge in [0.05, 0.1) is 20.3 Å². The maximum Gasteiger partial charge on any atom is 0.192 e. The second kappa shape index (κ2) is 7.90. The monoisotopic (exact) mass is 328 g/mol. The molecule has 0 aromatic rings. The van der Waals surface area contributed by atoms with Crippen molar-refractivity contribution in [1.29, 1.82) is 0 Å². The van der Waals surface area contributed by atoms with Crippen LogP contribution in [0.1, 0.15) is 33.6 Å². The molecule has 0 fully saturated rings. The summed E-state index contributed by atoms with van der Waals surface area (Å²) in [5, 5.41) is 10.1. The topological polar surface area (TPSA) is 29.5 Å². The third-order valence-electron chi connectivity index (χ3n) is 4.06. The summed E-state index contributed by atoms with van der Waals surface area (Å²) < 4.78 is 6.48. The van der Waals surface area contributed by atoms with Crippen molar-refractivity contribution in [2.75, 3.05) is 0 Å². The largest absolute Gasteiger partial charge is 0.414 e. The first-order chi connectivity index (χ1) is 9.28. The summed E-state index contributed by atoms with van der Waals surface area (Å²) in [4.78, 5) is 0. The lowest BCUT2D eigenvalue weighted by Crippen LogP contribution is -2.44. The zero-order valence-corrected chi connectivity index (χ0v) is 17.4. The minimum Gasteiger partial charge on any atom is -0.414 e. The van der Waals surface area contributed by atoms with Gasteiger partial charge >= 0.3 is 0 Å². The van der Waals surface area contributed by atoms with Gasteiger partial charge in [0.2, 0.25) is 0 Å². The Morgan fingerprint density at radius 2 is 1.67 bits per heavy atom. The zero-order valence-electron chi connectivity index (χ0n) is 15.4. The number of hydrogen-bond donors (Lipinski definition) is 1. The highest BCUT2D eigenvalue weighted by molar-refractivity contribution is 6.80. The van der Waals surface area contributed by atoms with Crippen LogP contribution in [-0.2, 0) is 4.43 Å². The van der Waals surface area contributed by atoms with E-state index in [1.165, 1.54) is 0 Å². The fraction of sp³-hybridized carbons (Fsp3) is 0.765. The van der Waals surface area contributed by atoms with Crippen LogP contribution >= 0.6 is 0 Å². The van der Waals surface area contributed by atoms with Crippen LogP contribution in [0, 0.1) is 0 Å². The van der Waals surface area contributed by atoms with Crippen molar-refractivity contribution in [3.05, 3.63) is 24.4 Å². The van der Waals surface area contributed by atoms with Gasteiger partial charge in [-0.15, -0.1) is 6.58 Å². The molecule has 0 aliphatic rings. The van der Waals surface area contributed by atoms with E-state index in [4.69, 9.17) is 4.43 Å². The van der Waals surface area contributed by atoms with Crippen LogP contribution < -0.4 is 0 Å². The average molecular weight is 329 g/mol. The van der Waals surface area contributed by atoms with Gasteiger partial charge < -0.3 is 9.53 Å². The second-order valence-corrected chi connectivity index (χ2v) is 18.4. The van der Waals surface area contributed by atoms with E-state index in [1.807, 2.05) is 0 Å². The minimum atomic E-state index is -1.81. The van der Waals surface area contributed by atoms with Gasteiger partial charge in [-0.05, 0) is 24.6 Å². The number of rotatable bonds is 8. The van der Waals surface area contributed by atoms with E-state index >= 15 is 0 Å². The summed E-state index contributed by atoms with van der Waals surface area (Å²) in [5.41, 5.74) is 2.36. The maximum atomic E-state index is 9.89. The molecule has 0 rings (SSSR count). The SMILES string of the molecule is C=C[C@@H](O)C[C@@H](C/C=C/[Si](C)(C)C)O[Si](C)(C)C(C)(C)C.